The summed E-state index contributed by atoms with van der Waals surface area (Å²) in [5.74, 6) is -0.324. The third-order valence-electron chi connectivity index (χ3n) is 5.36. The molecule has 0 bridgehead atoms. The Balaban J connectivity index is 3.14. The first-order valence-electron chi connectivity index (χ1n) is 7.72. The van der Waals surface area contributed by atoms with Crippen molar-refractivity contribution >= 4 is 5.97 Å². The first-order valence-corrected chi connectivity index (χ1v) is 7.72. The number of aliphatic hydroxyl groups excluding tert-OH is 1. The van der Waals surface area contributed by atoms with Gasteiger partial charge in [-0.1, -0.05) is 27.7 Å². The molecule has 124 valence electrons. The van der Waals surface area contributed by atoms with E-state index in [0.29, 0.717) is 0 Å². The second kappa shape index (κ2) is 7.07. The summed E-state index contributed by atoms with van der Waals surface area (Å²) in [5, 5.41) is 9.72. The van der Waals surface area contributed by atoms with E-state index in [1.807, 2.05) is 0 Å². The van der Waals surface area contributed by atoms with E-state index in [2.05, 4.69) is 27.7 Å². The van der Waals surface area contributed by atoms with Gasteiger partial charge in [0, 0.05) is 24.9 Å². The molecular weight excluding hydrogens is 272 g/mol. The topological polar surface area (TPSA) is 65.0 Å². The van der Waals surface area contributed by atoms with Gasteiger partial charge in [0.2, 0.25) is 0 Å². The summed E-state index contributed by atoms with van der Waals surface area (Å²) in [5.41, 5.74) is -0.554. The lowest BCUT2D eigenvalue weighted by Gasteiger charge is -2.57. The number of methoxy groups -OCH3 is 1. The Bertz CT molecular complexity index is 359. The predicted molar refractivity (Wildman–Crippen MR) is 80.0 cm³/mol. The molecule has 0 aliphatic carbocycles. The second-order valence-electron chi connectivity index (χ2n) is 6.43. The lowest BCUT2D eigenvalue weighted by Crippen LogP contribution is -2.64. The van der Waals surface area contributed by atoms with Gasteiger partial charge in [-0.15, -0.1) is 0 Å². The van der Waals surface area contributed by atoms with Crippen LogP contribution >= 0.6 is 0 Å². The number of esters is 1. The number of carbonyl (C=O) groups excluding carboxylic acids is 1. The molecule has 1 N–H and O–H groups in total. The van der Waals surface area contributed by atoms with Gasteiger partial charge < -0.3 is 19.3 Å². The molecule has 1 aliphatic heterocycles. The lowest BCUT2D eigenvalue weighted by molar-refractivity contribution is -0.272. The van der Waals surface area contributed by atoms with Crippen LogP contribution in [0.15, 0.2) is 0 Å². The van der Waals surface area contributed by atoms with E-state index in [-0.39, 0.29) is 48.3 Å². The van der Waals surface area contributed by atoms with E-state index >= 15 is 0 Å². The van der Waals surface area contributed by atoms with E-state index < -0.39 is 0 Å². The first-order chi connectivity index (χ1) is 9.79. The maximum Gasteiger partial charge on any atom is 0.302 e. The van der Waals surface area contributed by atoms with Crippen LogP contribution in [0.1, 0.15) is 47.5 Å². The Labute approximate surface area is 128 Å². The molecule has 1 aliphatic rings. The van der Waals surface area contributed by atoms with Gasteiger partial charge in [-0.25, -0.2) is 0 Å². The van der Waals surface area contributed by atoms with Crippen LogP contribution in [-0.2, 0) is 19.0 Å². The molecule has 5 nitrogen and oxygen atoms in total. The molecular formula is C16H30O5. The maximum absolute atomic E-state index is 11.1. The van der Waals surface area contributed by atoms with Crippen molar-refractivity contribution in [2.45, 2.75) is 65.8 Å². The maximum atomic E-state index is 11.1. The second-order valence-corrected chi connectivity index (χ2v) is 6.43. The van der Waals surface area contributed by atoms with Crippen molar-refractivity contribution in [1.29, 1.82) is 0 Å². The highest BCUT2D eigenvalue weighted by Crippen LogP contribution is 2.51. The molecule has 0 spiro atoms. The monoisotopic (exact) mass is 302 g/mol. The van der Waals surface area contributed by atoms with Crippen LogP contribution in [0, 0.1) is 10.8 Å². The smallest absolute Gasteiger partial charge is 0.302 e. The fourth-order valence-electron chi connectivity index (χ4n) is 3.64. The number of hydrogen-bond donors (Lipinski definition) is 1. The molecule has 1 heterocycles. The van der Waals surface area contributed by atoms with Crippen LogP contribution in [0.25, 0.3) is 0 Å². The van der Waals surface area contributed by atoms with Crippen LogP contribution in [0.5, 0.6) is 0 Å². The van der Waals surface area contributed by atoms with Crippen molar-refractivity contribution in [2.75, 3.05) is 20.3 Å². The van der Waals surface area contributed by atoms with Crippen LogP contribution < -0.4 is 0 Å². The van der Waals surface area contributed by atoms with Crippen molar-refractivity contribution in [3.05, 3.63) is 0 Å². The number of hydrogen-bond acceptors (Lipinski definition) is 5. The lowest BCUT2D eigenvalue weighted by atomic mass is 9.60. The average Bonchev–Trinajstić information content (AvgIpc) is 2.46. The summed E-state index contributed by atoms with van der Waals surface area (Å²) >= 11 is 0. The van der Waals surface area contributed by atoms with Gasteiger partial charge >= 0.3 is 5.97 Å². The Morgan fingerprint density at radius 2 is 1.71 bits per heavy atom. The van der Waals surface area contributed by atoms with Gasteiger partial charge in [-0.3, -0.25) is 4.79 Å². The highest BCUT2D eigenvalue weighted by molar-refractivity contribution is 5.65. The normalized spacial score (nSPS) is 40.0. The first kappa shape index (κ1) is 18.4. The zero-order valence-corrected chi connectivity index (χ0v) is 14.1. The summed E-state index contributed by atoms with van der Waals surface area (Å²) in [7, 11) is 1.70. The molecule has 0 unspecified atom stereocenters. The van der Waals surface area contributed by atoms with Crippen LogP contribution in [0.2, 0.25) is 0 Å². The number of aliphatic hydroxyl groups is 1. The van der Waals surface area contributed by atoms with Crippen molar-refractivity contribution in [2.24, 2.45) is 10.8 Å². The highest BCUT2D eigenvalue weighted by Gasteiger charge is 2.58. The number of ether oxygens (including phenoxy) is 3. The zero-order chi connectivity index (χ0) is 16.3. The minimum atomic E-state index is -0.326. The summed E-state index contributed by atoms with van der Waals surface area (Å²) in [6, 6.07) is 0. The van der Waals surface area contributed by atoms with E-state index in [1.165, 1.54) is 6.92 Å². The molecule has 0 saturated carbocycles. The minimum absolute atomic E-state index is 0.0689. The zero-order valence-electron chi connectivity index (χ0n) is 14.1. The molecule has 0 aromatic rings. The van der Waals surface area contributed by atoms with Gasteiger partial charge in [0.15, 0.2) is 0 Å². The molecule has 1 fully saturated rings. The van der Waals surface area contributed by atoms with Crippen molar-refractivity contribution < 1.29 is 24.1 Å². The Hall–Kier alpha value is -0.650. The predicted octanol–water partition coefficient (Wildman–Crippen LogP) is 2.16. The molecule has 0 aromatic heterocycles. The molecule has 5 atom stereocenters. The molecule has 0 amide bonds. The number of carbonyl (C=O) groups is 1. The van der Waals surface area contributed by atoms with Crippen molar-refractivity contribution in [1.82, 2.24) is 0 Å². The third kappa shape index (κ3) is 3.25. The summed E-state index contributed by atoms with van der Waals surface area (Å²) in [6.07, 6.45) is 0.991. The summed E-state index contributed by atoms with van der Waals surface area (Å²) in [4.78, 5) is 11.1. The van der Waals surface area contributed by atoms with E-state index in [9.17, 15) is 9.90 Å². The molecule has 5 heteroatoms. The van der Waals surface area contributed by atoms with Gasteiger partial charge in [-0.05, 0) is 12.8 Å². The fourth-order valence-corrected chi connectivity index (χ4v) is 3.64. The SMILES string of the molecule is CC[C@@]1(C)[C@@H](OC)[C@@](C)(CC)[C@H](CO)O[C@@H]1COC(C)=O. The van der Waals surface area contributed by atoms with Gasteiger partial charge in [0.25, 0.3) is 0 Å². The van der Waals surface area contributed by atoms with Crippen molar-refractivity contribution in [3.63, 3.8) is 0 Å². The van der Waals surface area contributed by atoms with E-state index in [1.54, 1.807) is 7.11 Å². The summed E-state index contributed by atoms with van der Waals surface area (Å²) in [6.45, 7) is 9.89. The largest absolute Gasteiger partial charge is 0.463 e. The Morgan fingerprint density at radius 1 is 1.19 bits per heavy atom. The molecule has 21 heavy (non-hydrogen) atoms. The average molecular weight is 302 g/mol. The fraction of sp³-hybridized carbons (Fsp3) is 0.938. The van der Waals surface area contributed by atoms with Crippen LogP contribution in [0.3, 0.4) is 0 Å². The van der Waals surface area contributed by atoms with Gasteiger partial charge in [0.1, 0.15) is 6.61 Å². The summed E-state index contributed by atoms with van der Waals surface area (Å²) < 4.78 is 17.1. The Kier molecular flexibility index (Phi) is 6.20. The highest BCUT2D eigenvalue weighted by atomic mass is 16.6. The molecule has 0 aromatic carbocycles. The van der Waals surface area contributed by atoms with Gasteiger partial charge in [-0.2, -0.15) is 0 Å². The van der Waals surface area contributed by atoms with Crippen LogP contribution in [-0.4, -0.2) is 49.7 Å². The van der Waals surface area contributed by atoms with Crippen LogP contribution in [0.4, 0.5) is 0 Å². The quantitative estimate of drug-likeness (QED) is 0.762. The third-order valence-corrected chi connectivity index (χ3v) is 5.36. The van der Waals surface area contributed by atoms with E-state index in [0.717, 1.165) is 12.8 Å². The van der Waals surface area contributed by atoms with Gasteiger partial charge in [0.05, 0.1) is 24.9 Å². The molecule has 1 saturated heterocycles. The minimum Gasteiger partial charge on any atom is -0.463 e. The number of rotatable bonds is 6. The molecule has 1 rings (SSSR count). The van der Waals surface area contributed by atoms with E-state index in [4.69, 9.17) is 14.2 Å². The van der Waals surface area contributed by atoms with Crippen molar-refractivity contribution in [3.8, 4) is 0 Å². The standard InChI is InChI=1S/C16H30O5/c1-7-15(4)12(9-17)21-13(10-20-11(3)18)16(5,8-2)14(15)19-6/h12-14,17H,7-10H2,1-6H3/t12-,13+,14-,15-,16+/m0/s1. The Morgan fingerprint density at radius 3 is 2.10 bits per heavy atom. The molecule has 0 radical (unpaired) electrons.